The number of piperidine rings is 1. The molecule has 114 valence electrons. The Morgan fingerprint density at radius 1 is 1.24 bits per heavy atom. The van der Waals surface area contributed by atoms with Crippen molar-refractivity contribution in [2.75, 3.05) is 19.7 Å². The van der Waals surface area contributed by atoms with Crippen LogP contribution in [0.25, 0.3) is 0 Å². The number of rotatable bonds is 3. The molecule has 0 N–H and O–H groups in total. The van der Waals surface area contributed by atoms with Gasteiger partial charge in [0.2, 0.25) is 0 Å². The lowest BCUT2D eigenvalue weighted by Gasteiger charge is -2.31. The van der Waals surface area contributed by atoms with E-state index in [1.165, 1.54) is 17.0 Å². The van der Waals surface area contributed by atoms with Crippen LogP contribution in [-0.4, -0.2) is 42.6 Å². The highest BCUT2D eigenvalue weighted by Gasteiger charge is 2.28. The van der Waals surface area contributed by atoms with E-state index in [0.29, 0.717) is 31.7 Å². The first-order chi connectivity index (χ1) is 10.1. The first-order valence-electron chi connectivity index (χ1n) is 6.98. The van der Waals surface area contributed by atoms with Crippen LogP contribution in [0.15, 0.2) is 24.3 Å². The molecule has 0 aromatic heterocycles. The molecule has 5 nitrogen and oxygen atoms in total. The van der Waals surface area contributed by atoms with Crippen LogP contribution in [0.1, 0.15) is 19.8 Å². The van der Waals surface area contributed by atoms with Gasteiger partial charge in [-0.2, -0.15) is 0 Å². The molecule has 0 bridgehead atoms. The predicted molar refractivity (Wildman–Crippen MR) is 73.3 cm³/mol. The lowest BCUT2D eigenvalue weighted by atomic mass is 10.1. The molecule has 0 unspecified atom stereocenters. The van der Waals surface area contributed by atoms with Gasteiger partial charge in [-0.3, -0.25) is 4.79 Å². The van der Waals surface area contributed by atoms with Crippen molar-refractivity contribution in [3.8, 4) is 5.75 Å². The van der Waals surface area contributed by atoms with E-state index in [1.807, 2.05) is 0 Å². The average molecular weight is 295 g/mol. The number of likely N-dealkylation sites (tertiary alicyclic amines) is 1. The van der Waals surface area contributed by atoms with Gasteiger partial charge >= 0.3 is 11.9 Å². The maximum atomic E-state index is 12.8. The van der Waals surface area contributed by atoms with Gasteiger partial charge in [-0.05, 0) is 31.2 Å². The fraction of sp³-hybridized carbons (Fsp3) is 0.467. The van der Waals surface area contributed by atoms with Gasteiger partial charge in [-0.15, -0.1) is 0 Å². The van der Waals surface area contributed by atoms with Crippen LogP contribution in [0.4, 0.5) is 4.39 Å². The number of carbonyl (C=O) groups is 2. The molecule has 1 saturated heterocycles. The number of carbonyl (C=O) groups excluding carboxylic acids is 2. The second kappa shape index (κ2) is 7.06. The molecule has 1 aliphatic heterocycles. The summed E-state index contributed by atoms with van der Waals surface area (Å²) in [5, 5.41) is 0. The normalized spacial score (nSPS) is 15.6. The highest BCUT2D eigenvalue weighted by molar-refractivity contribution is 6.32. The summed E-state index contributed by atoms with van der Waals surface area (Å²) in [4.78, 5) is 24.6. The second-order valence-electron chi connectivity index (χ2n) is 4.78. The molecular weight excluding hydrogens is 277 g/mol. The van der Waals surface area contributed by atoms with E-state index < -0.39 is 11.9 Å². The highest BCUT2D eigenvalue weighted by Crippen LogP contribution is 2.19. The molecule has 6 heteroatoms. The molecule has 1 heterocycles. The van der Waals surface area contributed by atoms with Crippen molar-refractivity contribution in [3.05, 3.63) is 30.1 Å². The lowest BCUT2D eigenvalue weighted by Crippen LogP contribution is -2.45. The van der Waals surface area contributed by atoms with Crippen LogP contribution < -0.4 is 4.74 Å². The number of ether oxygens (including phenoxy) is 2. The molecule has 2 rings (SSSR count). The SMILES string of the molecule is CCOC(=O)C(=O)N1CCC(Oc2ccc(F)cc2)CC1. The average Bonchev–Trinajstić information content (AvgIpc) is 2.50. The summed E-state index contributed by atoms with van der Waals surface area (Å²) in [6.45, 7) is 2.75. The quantitative estimate of drug-likeness (QED) is 0.630. The van der Waals surface area contributed by atoms with Gasteiger partial charge in [0.1, 0.15) is 17.7 Å². The van der Waals surface area contributed by atoms with Crippen molar-refractivity contribution in [2.24, 2.45) is 0 Å². The molecule has 1 fully saturated rings. The Balaban J connectivity index is 1.81. The summed E-state index contributed by atoms with van der Waals surface area (Å²) >= 11 is 0. The fourth-order valence-electron chi connectivity index (χ4n) is 2.20. The number of hydrogen-bond donors (Lipinski definition) is 0. The lowest BCUT2D eigenvalue weighted by molar-refractivity contribution is -0.160. The summed E-state index contributed by atoms with van der Waals surface area (Å²) in [6, 6.07) is 5.83. The van der Waals surface area contributed by atoms with Gasteiger partial charge in [0, 0.05) is 25.9 Å². The smallest absolute Gasteiger partial charge is 0.397 e. The zero-order chi connectivity index (χ0) is 15.2. The van der Waals surface area contributed by atoms with Crippen molar-refractivity contribution >= 4 is 11.9 Å². The molecule has 0 spiro atoms. The second-order valence-corrected chi connectivity index (χ2v) is 4.78. The maximum absolute atomic E-state index is 12.8. The van der Waals surface area contributed by atoms with E-state index in [2.05, 4.69) is 0 Å². The third kappa shape index (κ3) is 4.18. The number of nitrogens with zero attached hydrogens (tertiary/aromatic N) is 1. The van der Waals surface area contributed by atoms with Gasteiger partial charge in [-0.1, -0.05) is 0 Å². The summed E-state index contributed by atoms with van der Waals surface area (Å²) in [6.07, 6.45) is 1.21. The molecule has 1 aromatic carbocycles. The van der Waals surface area contributed by atoms with Crippen molar-refractivity contribution in [1.29, 1.82) is 0 Å². The van der Waals surface area contributed by atoms with Gasteiger partial charge in [0.15, 0.2) is 0 Å². The Hall–Kier alpha value is -2.11. The summed E-state index contributed by atoms with van der Waals surface area (Å²) in [5.41, 5.74) is 0. The molecule has 1 aliphatic rings. The molecule has 1 amide bonds. The highest BCUT2D eigenvalue weighted by atomic mass is 19.1. The van der Waals surface area contributed by atoms with E-state index in [-0.39, 0.29) is 18.5 Å². The van der Waals surface area contributed by atoms with E-state index >= 15 is 0 Å². The third-order valence-corrected chi connectivity index (χ3v) is 3.30. The van der Waals surface area contributed by atoms with Crippen LogP contribution >= 0.6 is 0 Å². The Kier molecular flexibility index (Phi) is 5.14. The summed E-state index contributed by atoms with van der Waals surface area (Å²) in [7, 11) is 0. The third-order valence-electron chi connectivity index (χ3n) is 3.30. The minimum Gasteiger partial charge on any atom is -0.490 e. The first-order valence-corrected chi connectivity index (χ1v) is 6.98. The molecule has 0 atom stereocenters. The van der Waals surface area contributed by atoms with Crippen molar-refractivity contribution in [1.82, 2.24) is 4.90 Å². The Morgan fingerprint density at radius 3 is 2.43 bits per heavy atom. The zero-order valence-electron chi connectivity index (χ0n) is 11.9. The van der Waals surface area contributed by atoms with Crippen molar-refractivity contribution in [2.45, 2.75) is 25.9 Å². The Bertz CT molecular complexity index is 495. The number of amides is 1. The number of halogens is 1. The predicted octanol–water partition coefficient (Wildman–Crippen LogP) is 1.76. The molecule has 0 saturated carbocycles. The summed E-state index contributed by atoms with van der Waals surface area (Å²) in [5.74, 6) is -1.11. The van der Waals surface area contributed by atoms with Gasteiger partial charge < -0.3 is 14.4 Å². The zero-order valence-corrected chi connectivity index (χ0v) is 11.9. The molecule has 0 radical (unpaired) electrons. The standard InChI is InChI=1S/C15H18FNO4/c1-2-20-15(19)14(18)17-9-7-13(8-10-17)21-12-5-3-11(16)4-6-12/h3-6,13H,2,7-10H2,1H3. The van der Waals surface area contributed by atoms with Crippen LogP contribution in [0, 0.1) is 5.82 Å². The van der Waals surface area contributed by atoms with E-state index in [4.69, 9.17) is 9.47 Å². The Morgan fingerprint density at radius 2 is 1.86 bits per heavy atom. The van der Waals surface area contributed by atoms with Gasteiger partial charge in [0.05, 0.1) is 6.61 Å². The Labute approximate surface area is 122 Å². The maximum Gasteiger partial charge on any atom is 0.397 e. The van der Waals surface area contributed by atoms with Crippen molar-refractivity contribution in [3.63, 3.8) is 0 Å². The molecule has 21 heavy (non-hydrogen) atoms. The monoisotopic (exact) mass is 295 g/mol. The van der Waals surface area contributed by atoms with Crippen LogP contribution in [0.2, 0.25) is 0 Å². The van der Waals surface area contributed by atoms with E-state index in [9.17, 15) is 14.0 Å². The van der Waals surface area contributed by atoms with E-state index in [1.54, 1.807) is 19.1 Å². The van der Waals surface area contributed by atoms with Gasteiger partial charge in [-0.25, -0.2) is 9.18 Å². The molecular formula is C15H18FNO4. The molecule has 1 aromatic rings. The topological polar surface area (TPSA) is 55.8 Å². The minimum absolute atomic E-state index is 0.0401. The molecule has 0 aliphatic carbocycles. The minimum atomic E-state index is -0.810. The van der Waals surface area contributed by atoms with Gasteiger partial charge in [0.25, 0.3) is 0 Å². The fourth-order valence-corrected chi connectivity index (χ4v) is 2.20. The van der Waals surface area contributed by atoms with Crippen molar-refractivity contribution < 1.29 is 23.5 Å². The number of hydrogen-bond acceptors (Lipinski definition) is 4. The number of benzene rings is 1. The van der Waals surface area contributed by atoms with Crippen LogP contribution in [0.5, 0.6) is 5.75 Å². The van der Waals surface area contributed by atoms with Crippen LogP contribution in [-0.2, 0) is 14.3 Å². The largest absolute Gasteiger partial charge is 0.490 e. The van der Waals surface area contributed by atoms with E-state index in [0.717, 1.165) is 0 Å². The van der Waals surface area contributed by atoms with Crippen LogP contribution in [0.3, 0.4) is 0 Å². The first kappa shape index (κ1) is 15.3. The number of esters is 1. The summed E-state index contributed by atoms with van der Waals surface area (Å²) < 4.78 is 23.2.